The molecule has 2 aliphatic rings. The van der Waals surface area contributed by atoms with E-state index in [1.54, 1.807) is 31.2 Å². The van der Waals surface area contributed by atoms with Gasteiger partial charge in [-0.2, -0.15) is 5.10 Å². The van der Waals surface area contributed by atoms with Crippen molar-refractivity contribution < 1.29 is 14.3 Å². The van der Waals surface area contributed by atoms with E-state index in [-0.39, 0.29) is 28.5 Å². The van der Waals surface area contributed by atoms with Crippen molar-refractivity contribution >= 4 is 23.2 Å². The van der Waals surface area contributed by atoms with Crippen molar-refractivity contribution in [2.45, 2.75) is 40.5 Å². The van der Waals surface area contributed by atoms with Crippen LogP contribution >= 0.6 is 0 Å². The number of ketones is 1. The van der Waals surface area contributed by atoms with Crippen LogP contribution in [-0.2, 0) is 9.53 Å². The van der Waals surface area contributed by atoms with E-state index in [0.29, 0.717) is 17.9 Å². The van der Waals surface area contributed by atoms with Crippen LogP contribution in [0, 0.1) is 16.7 Å². The number of hydrogen-bond acceptors (Lipinski definition) is 5. The maximum atomic E-state index is 12.7. The molecule has 1 aromatic rings. The molecule has 0 amide bonds. The summed E-state index contributed by atoms with van der Waals surface area (Å²) in [6.45, 7) is 8.52. The largest absolute Gasteiger partial charge is 0.462 e. The second kappa shape index (κ2) is 5.72. The number of hydrogen-bond donors (Lipinski definition) is 1. The predicted octanol–water partition coefficient (Wildman–Crippen LogP) is 3.66. The zero-order valence-electron chi connectivity index (χ0n) is 14.7. The lowest BCUT2D eigenvalue weighted by atomic mass is 9.70. The summed E-state index contributed by atoms with van der Waals surface area (Å²) >= 11 is 0. The first kappa shape index (κ1) is 16.7. The Balaban J connectivity index is 1.75. The Morgan fingerprint density at radius 2 is 1.96 bits per heavy atom. The van der Waals surface area contributed by atoms with Gasteiger partial charge in [0.15, 0.2) is 5.78 Å². The van der Waals surface area contributed by atoms with Crippen LogP contribution in [0.3, 0.4) is 0 Å². The summed E-state index contributed by atoms with van der Waals surface area (Å²) in [6.07, 6.45) is 1.95. The van der Waals surface area contributed by atoms with Gasteiger partial charge in [0.1, 0.15) is 5.71 Å². The molecule has 5 nitrogen and oxygen atoms in total. The highest BCUT2D eigenvalue weighted by Gasteiger charge is 2.65. The number of hydrazone groups is 1. The lowest BCUT2D eigenvalue weighted by molar-refractivity contribution is -0.123. The minimum Gasteiger partial charge on any atom is -0.462 e. The fraction of sp³-hybridized carbons (Fsp3) is 0.526. The van der Waals surface area contributed by atoms with Gasteiger partial charge in [-0.15, -0.1) is 0 Å². The molecule has 5 heteroatoms. The van der Waals surface area contributed by atoms with Crippen molar-refractivity contribution in [3.05, 3.63) is 29.8 Å². The Morgan fingerprint density at radius 3 is 2.50 bits per heavy atom. The molecule has 3 rings (SSSR count). The summed E-state index contributed by atoms with van der Waals surface area (Å²) in [5.41, 5.74) is 4.53. The molecule has 0 aliphatic heterocycles. The van der Waals surface area contributed by atoms with Gasteiger partial charge in [0.2, 0.25) is 0 Å². The number of ether oxygens (including phenoxy) is 1. The number of Topliss-reactive ketones (excluding diaryl/α,β-unsaturated/α-hetero) is 1. The number of fused-ring (bicyclic) bond motifs is 2. The highest BCUT2D eigenvalue weighted by atomic mass is 16.5. The van der Waals surface area contributed by atoms with E-state index < -0.39 is 0 Å². The fourth-order valence-electron chi connectivity index (χ4n) is 3.97. The lowest BCUT2D eigenvalue weighted by Gasteiger charge is -2.31. The summed E-state index contributed by atoms with van der Waals surface area (Å²) < 4.78 is 4.96. The number of benzene rings is 1. The fourth-order valence-corrected chi connectivity index (χ4v) is 3.97. The standard InChI is InChI=1S/C19H24N2O3/c1-5-24-17(23)12-6-8-13(9-7-12)20-21-15-14-10-11-19(4,16(15)22)18(14,2)3/h6-9,14,20H,5,10-11H2,1-4H3/b21-15-. The van der Waals surface area contributed by atoms with Crippen molar-refractivity contribution in [3.63, 3.8) is 0 Å². The Kier molecular flexibility index (Phi) is 3.98. The molecule has 128 valence electrons. The number of rotatable bonds is 4. The second-order valence-electron chi connectivity index (χ2n) is 7.38. The molecular weight excluding hydrogens is 304 g/mol. The zero-order chi connectivity index (χ0) is 17.5. The molecule has 24 heavy (non-hydrogen) atoms. The van der Waals surface area contributed by atoms with Gasteiger partial charge < -0.3 is 4.74 Å². The zero-order valence-corrected chi connectivity index (χ0v) is 14.7. The Bertz CT molecular complexity index is 706. The average Bonchev–Trinajstić information content (AvgIpc) is 2.86. The van der Waals surface area contributed by atoms with Crippen LogP contribution in [-0.4, -0.2) is 24.1 Å². The molecule has 0 saturated heterocycles. The van der Waals surface area contributed by atoms with E-state index in [2.05, 4.69) is 31.3 Å². The number of anilines is 1. The van der Waals surface area contributed by atoms with Crippen molar-refractivity contribution in [1.82, 2.24) is 0 Å². The number of nitrogens with zero attached hydrogens (tertiary/aromatic N) is 1. The van der Waals surface area contributed by atoms with E-state index in [1.165, 1.54) is 0 Å². The molecule has 2 unspecified atom stereocenters. The number of carbonyl (C=O) groups excluding carboxylic acids is 2. The van der Waals surface area contributed by atoms with E-state index in [1.807, 2.05) is 0 Å². The maximum absolute atomic E-state index is 12.7. The van der Waals surface area contributed by atoms with Crippen LogP contribution in [0.2, 0.25) is 0 Å². The molecule has 2 aliphatic carbocycles. The van der Waals surface area contributed by atoms with Gasteiger partial charge in [-0.05, 0) is 49.4 Å². The molecule has 2 saturated carbocycles. The lowest BCUT2D eigenvalue weighted by Crippen LogP contribution is -2.33. The average molecular weight is 328 g/mol. The molecule has 1 N–H and O–H groups in total. The van der Waals surface area contributed by atoms with Crippen LogP contribution in [0.4, 0.5) is 5.69 Å². The van der Waals surface area contributed by atoms with Gasteiger partial charge in [0, 0.05) is 11.3 Å². The minimum absolute atomic E-state index is 0.0433. The topological polar surface area (TPSA) is 67.8 Å². The summed E-state index contributed by atoms with van der Waals surface area (Å²) in [5.74, 6) is 0.0361. The van der Waals surface area contributed by atoms with Crippen molar-refractivity contribution in [2.75, 3.05) is 12.0 Å². The molecule has 2 atom stereocenters. The SMILES string of the molecule is CCOC(=O)c1ccc(N/N=C2\C(=O)C3(C)CCC2C3(C)C)cc1. The Labute approximate surface area is 142 Å². The van der Waals surface area contributed by atoms with Gasteiger partial charge in [-0.1, -0.05) is 20.8 Å². The van der Waals surface area contributed by atoms with Gasteiger partial charge in [0.05, 0.1) is 17.9 Å². The molecule has 2 fully saturated rings. The van der Waals surface area contributed by atoms with Gasteiger partial charge >= 0.3 is 5.97 Å². The first-order chi connectivity index (χ1) is 11.3. The van der Waals surface area contributed by atoms with Crippen LogP contribution in [0.1, 0.15) is 50.9 Å². The quantitative estimate of drug-likeness (QED) is 0.676. The summed E-state index contributed by atoms with van der Waals surface area (Å²) in [6, 6.07) is 6.91. The van der Waals surface area contributed by atoms with Crippen LogP contribution in [0.5, 0.6) is 0 Å². The van der Waals surface area contributed by atoms with Crippen molar-refractivity contribution in [3.8, 4) is 0 Å². The first-order valence-corrected chi connectivity index (χ1v) is 8.47. The third-order valence-corrected chi connectivity index (χ3v) is 5.99. The summed E-state index contributed by atoms with van der Waals surface area (Å²) in [7, 11) is 0. The van der Waals surface area contributed by atoms with E-state index in [9.17, 15) is 9.59 Å². The van der Waals surface area contributed by atoms with E-state index >= 15 is 0 Å². The molecule has 0 spiro atoms. The van der Waals surface area contributed by atoms with Crippen LogP contribution in [0.15, 0.2) is 29.4 Å². The number of nitrogens with one attached hydrogen (secondary N) is 1. The predicted molar refractivity (Wildman–Crippen MR) is 93.1 cm³/mol. The first-order valence-electron chi connectivity index (χ1n) is 8.47. The monoisotopic (exact) mass is 328 g/mol. The van der Waals surface area contributed by atoms with Gasteiger partial charge in [-0.3, -0.25) is 10.2 Å². The van der Waals surface area contributed by atoms with Crippen molar-refractivity contribution in [2.24, 2.45) is 21.8 Å². The molecule has 0 aromatic heterocycles. The molecule has 0 heterocycles. The summed E-state index contributed by atoms with van der Waals surface area (Å²) in [4.78, 5) is 24.4. The van der Waals surface area contributed by atoms with Gasteiger partial charge in [0.25, 0.3) is 0 Å². The van der Waals surface area contributed by atoms with Crippen LogP contribution in [0.25, 0.3) is 0 Å². The van der Waals surface area contributed by atoms with Crippen molar-refractivity contribution in [1.29, 1.82) is 0 Å². The van der Waals surface area contributed by atoms with E-state index in [0.717, 1.165) is 18.5 Å². The highest BCUT2D eigenvalue weighted by Crippen LogP contribution is 2.62. The van der Waals surface area contributed by atoms with Gasteiger partial charge in [-0.25, -0.2) is 4.79 Å². The molecule has 1 aromatic carbocycles. The minimum atomic E-state index is -0.340. The molecule has 0 radical (unpaired) electrons. The Morgan fingerprint density at radius 1 is 1.29 bits per heavy atom. The maximum Gasteiger partial charge on any atom is 0.338 e. The number of esters is 1. The smallest absolute Gasteiger partial charge is 0.338 e. The normalized spacial score (nSPS) is 29.1. The Hall–Kier alpha value is -2.17. The summed E-state index contributed by atoms with van der Waals surface area (Å²) in [5, 5.41) is 4.41. The van der Waals surface area contributed by atoms with Crippen LogP contribution < -0.4 is 5.43 Å². The molecule has 2 bridgehead atoms. The third kappa shape index (κ3) is 2.34. The van der Waals surface area contributed by atoms with E-state index in [4.69, 9.17) is 4.74 Å². The second-order valence-corrected chi connectivity index (χ2v) is 7.38. The third-order valence-electron chi connectivity index (χ3n) is 5.99. The number of carbonyl (C=O) groups is 2. The highest BCUT2D eigenvalue weighted by molar-refractivity contribution is 6.45. The molecular formula is C19H24N2O3.